The van der Waals surface area contributed by atoms with E-state index in [9.17, 15) is 8.42 Å². The molecule has 0 aliphatic carbocycles. The minimum atomic E-state index is -3.08. The number of hydrogen-bond donors (Lipinski definition) is 1. The topological polar surface area (TPSA) is 55.4 Å². The molecule has 0 aromatic rings. The Balaban J connectivity index is 3.56. The van der Waals surface area contributed by atoms with Crippen molar-refractivity contribution in [2.24, 2.45) is 0 Å². The van der Waals surface area contributed by atoms with Gasteiger partial charge in [0.25, 0.3) is 0 Å². The van der Waals surface area contributed by atoms with Crippen molar-refractivity contribution in [2.75, 3.05) is 25.5 Å². The lowest BCUT2D eigenvalue weighted by Gasteiger charge is -2.03. The standard InChI is InChI=1S/C6H15NO3S/c1-3-7-11(8,9)6-5-10-4-2/h7H,3-6H2,1-2H3. The molecule has 0 saturated carbocycles. The summed E-state index contributed by atoms with van der Waals surface area (Å²) >= 11 is 0. The first-order chi connectivity index (χ1) is 5.12. The summed E-state index contributed by atoms with van der Waals surface area (Å²) in [7, 11) is -3.08. The van der Waals surface area contributed by atoms with Gasteiger partial charge >= 0.3 is 0 Å². The van der Waals surface area contributed by atoms with Gasteiger partial charge in [0.15, 0.2) is 0 Å². The summed E-state index contributed by atoms with van der Waals surface area (Å²) in [6.45, 7) is 4.85. The van der Waals surface area contributed by atoms with E-state index in [1.165, 1.54) is 0 Å². The molecule has 0 spiro atoms. The number of ether oxygens (including phenoxy) is 1. The third-order valence-corrected chi connectivity index (χ3v) is 2.50. The molecule has 0 unspecified atom stereocenters. The second-order valence-electron chi connectivity index (χ2n) is 2.01. The maximum absolute atomic E-state index is 10.9. The smallest absolute Gasteiger partial charge is 0.213 e. The molecule has 0 aromatic carbocycles. The van der Waals surface area contributed by atoms with Crippen LogP contribution in [0.15, 0.2) is 0 Å². The van der Waals surface area contributed by atoms with Gasteiger partial charge in [0.2, 0.25) is 10.0 Å². The first-order valence-corrected chi connectivity index (χ1v) is 5.32. The lowest BCUT2D eigenvalue weighted by atomic mass is 10.8. The van der Waals surface area contributed by atoms with Gasteiger partial charge in [-0.25, -0.2) is 13.1 Å². The summed E-state index contributed by atoms with van der Waals surface area (Å²) in [5.74, 6) is 0.0503. The predicted octanol–water partition coefficient (Wildman–Crippen LogP) is -0.0378. The van der Waals surface area contributed by atoms with Crippen molar-refractivity contribution < 1.29 is 13.2 Å². The van der Waals surface area contributed by atoms with Crippen LogP contribution in [0.2, 0.25) is 0 Å². The number of sulfonamides is 1. The fourth-order valence-electron chi connectivity index (χ4n) is 0.605. The Labute approximate surface area is 68.0 Å². The highest BCUT2D eigenvalue weighted by atomic mass is 32.2. The molecule has 1 N–H and O–H groups in total. The Morgan fingerprint density at radius 2 is 2.00 bits per heavy atom. The van der Waals surface area contributed by atoms with Crippen LogP contribution in [0.25, 0.3) is 0 Å². The molecule has 0 atom stereocenters. The van der Waals surface area contributed by atoms with E-state index < -0.39 is 10.0 Å². The molecule has 0 heterocycles. The monoisotopic (exact) mass is 181 g/mol. The summed E-state index contributed by atoms with van der Waals surface area (Å²) in [6.07, 6.45) is 0. The van der Waals surface area contributed by atoms with Crippen molar-refractivity contribution >= 4 is 10.0 Å². The van der Waals surface area contributed by atoms with Crippen LogP contribution in [0.5, 0.6) is 0 Å². The molecule has 0 aliphatic heterocycles. The van der Waals surface area contributed by atoms with Crippen LogP contribution >= 0.6 is 0 Å². The van der Waals surface area contributed by atoms with Crippen LogP contribution in [0.4, 0.5) is 0 Å². The zero-order valence-corrected chi connectivity index (χ0v) is 7.78. The Bertz CT molecular complexity index is 176. The molecule has 0 amide bonds. The molecule has 11 heavy (non-hydrogen) atoms. The van der Waals surface area contributed by atoms with Gasteiger partial charge in [-0.1, -0.05) is 6.92 Å². The number of hydrogen-bond acceptors (Lipinski definition) is 3. The fraction of sp³-hybridized carbons (Fsp3) is 1.00. The van der Waals surface area contributed by atoms with Gasteiger partial charge in [-0.05, 0) is 6.92 Å². The number of rotatable bonds is 6. The minimum Gasteiger partial charge on any atom is -0.381 e. The van der Waals surface area contributed by atoms with Crippen LogP contribution in [0, 0.1) is 0 Å². The van der Waals surface area contributed by atoms with Crippen molar-refractivity contribution in [2.45, 2.75) is 13.8 Å². The lowest BCUT2D eigenvalue weighted by Crippen LogP contribution is -2.28. The second kappa shape index (κ2) is 5.51. The minimum absolute atomic E-state index is 0.0503. The molecular formula is C6H15NO3S. The fourth-order valence-corrected chi connectivity index (χ4v) is 1.53. The van der Waals surface area contributed by atoms with E-state index in [0.29, 0.717) is 13.2 Å². The summed E-state index contributed by atoms with van der Waals surface area (Å²) in [4.78, 5) is 0. The summed E-state index contributed by atoms with van der Waals surface area (Å²) in [5.41, 5.74) is 0. The molecular weight excluding hydrogens is 166 g/mol. The molecule has 4 nitrogen and oxygen atoms in total. The van der Waals surface area contributed by atoms with Crippen molar-refractivity contribution in [1.82, 2.24) is 4.72 Å². The molecule has 0 saturated heterocycles. The molecule has 0 aliphatic rings. The van der Waals surface area contributed by atoms with Crippen LogP contribution in [-0.4, -0.2) is 33.9 Å². The van der Waals surface area contributed by atoms with E-state index in [-0.39, 0.29) is 12.4 Å². The highest BCUT2D eigenvalue weighted by Crippen LogP contribution is 1.84. The molecule has 0 fully saturated rings. The third kappa shape index (κ3) is 6.28. The quantitative estimate of drug-likeness (QED) is 0.585. The SMILES string of the molecule is CCNS(=O)(=O)CCOCC. The van der Waals surface area contributed by atoms with E-state index in [1.807, 2.05) is 6.92 Å². The van der Waals surface area contributed by atoms with E-state index in [2.05, 4.69) is 4.72 Å². The molecule has 5 heteroatoms. The zero-order valence-electron chi connectivity index (χ0n) is 6.96. The highest BCUT2D eigenvalue weighted by Gasteiger charge is 2.06. The zero-order chi connectivity index (χ0) is 8.74. The normalized spacial score (nSPS) is 11.8. The molecule has 0 rings (SSSR count). The first-order valence-electron chi connectivity index (χ1n) is 3.67. The maximum Gasteiger partial charge on any atom is 0.213 e. The lowest BCUT2D eigenvalue weighted by molar-refractivity contribution is 0.163. The Hall–Kier alpha value is -0.130. The van der Waals surface area contributed by atoms with Crippen LogP contribution < -0.4 is 4.72 Å². The largest absolute Gasteiger partial charge is 0.381 e. The van der Waals surface area contributed by atoms with E-state index in [4.69, 9.17) is 4.74 Å². The van der Waals surface area contributed by atoms with Gasteiger partial charge in [0.05, 0.1) is 12.4 Å². The Kier molecular flexibility index (Phi) is 5.45. The second-order valence-corrected chi connectivity index (χ2v) is 3.94. The first kappa shape index (κ1) is 10.9. The molecule has 68 valence electrons. The molecule has 0 aromatic heterocycles. The van der Waals surface area contributed by atoms with Crippen LogP contribution in [0.3, 0.4) is 0 Å². The Morgan fingerprint density at radius 1 is 1.36 bits per heavy atom. The van der Waals surface area contributed by atoms with Gasteiger partial charge in [-0.2, -0.15) is 0 Å². The Morgan fingerprint density at radius 3 is 2.45 bits per heavy atom. The van der Waals surface area contributed by atoms with Gasteiger partial charge in [0.1, 0.15) is 0 Å². The maximum atomic E-state index is 10.9. The van der Waals surface area contributed by atoms with Gasteiger partial charge in [0, 0.05) is 13.2 Å². The summed E-state index contributed by atoms with van der Waals surface area (Å²) < 4.78 is 29.1. The third-order valence-electron chi connectivity index (χ3n) is 1.06. The van der Waals surface area contributed by atoms with Gasteiger partial charge in [-0.15, -0.1) is 0 Å². The van der Waals surface area contributed by atoms with E-state index >= 15 is 0 Å². The van der Waals surface area contributed by atoms with Crippen molar-refractivity contribution in [1.29, 1.82) is 0 Å². The van der Waals surface area contributed by atoms with Gasteiger partial charge in [-0.3, -0.25) is 0 Å². The average molecular weight is 181 g/mol. The highest BCUT2D eigenvalue weighted by molar-refractivity contribution is 7.89. The molecule has 0 radical (unpaired) electrons. The summed E-state index contributed by atoms with van der Waals surface area (Å²) in [5, 5.41) is 0. The van der Waals surface area contributed by atoms with E-state index in [1.54, 1.807) is 6.92 Å². The van der Waals surface area contributed by atoms with Gasteiger partial charge < -0.3 is 4.74 Å². The predicted molar refractivity (Wildman–Crippen MR) is 44.0 cm³/mol. The molecule has 0 bridgehead atoms. The number of nitrogens with one attached hydrogen (secondary N) is 1. The van der Waals surface area contributed by atoms with Crippen LogP contribution in [0.1, 0.15) is 13.8 Å². The average Bonchev–Trinajstić information content (AvgIpc) is 1.87. The van der Waals surface area contributed by atoms with Crippen molar-refractivity contribution in [3.63, 3.8) is 0 Å². The summed E-state index contributed by atoms with van der Waals surface area (Å²) in [6, 6.07) is 0. The van der Waals surface area contributed by atoms with E-state index in [0.717, 1.165) is 0 Å². The van der Waals surface area contributed by atoms with Crippen molar-refractivity contribution in [3.05, 3.63) is 0 Å². The van der Waals surface area contributed by atoms with Crippen molar-refractivity contribution in [3.8, 4) is 0 Å². The van der Waals surface area contributed by atoms with Crippen LogP contribution in [-0.2, 0) is 14.8 Å².